The van der Waals surface area contributed by atoms with Gasteiger partial charge in [0.1, 0.15) is 12.4 Å². The quantitative estimate of drug-likeness (QED) is 0.860. The van der Waals surface area contributed by atoms with Gasteiger partial charge in [0, 0.05) is 6.07 Å². The predicted octanol–water partition coefficient (Wildman–Crippen LogP) is 2.58. The molecule has 0 aliphatic rings. The summed E-state index contributed by atoms with van der Waals surface area (Å²) >= 11 is 0. The van der Waals surface area contributed by atoms with Crippen LogP contribution in [0.5, 0.6) is 5.75 Å². The fourth-order valence-corrected chi connectivity index (χ4v) is 1.96. The van der Waals surface area contributed by atoms with E-state index in [1.54, 1.807) is 37.3 Å². The van der Waals surface area contributed by atoms with E-state index >= 15 is 0 Å². The second kappa shape index (κ2) is 7.69. The van der Waals surface area contributed by atoms with E-state index in [-0.39, 0.29) is 12.4 Å². The Bertz CT molecular complexity index is 664. The Morgan fingerprint density at radius 3 is 2.57 bits per heavy atom. The molecule has 2 aromatic rings. The molecule has 0 spiro atoms. The lowest BCUT2D eigenvalue weighted by atomic mass is 10.1. The highest BCUT2D eigenvalue weighted by atomic mass is 19.1. The van der Waals surface area contributed by atoms with Crippen LogP contribution in [-0.4, -0.2) is 23.7 Å². The number of ether oxygens (including phenoxy) is 1. The zero-order valence-electron chi connectivity index (χ0n) is 12.5. The molecule has 1 amide bonds. The number of rotatable bonds is 6. The third-order valence-corrected chi connectivity index (χ3v) is 3.14. The monoisotopic (exact) mass is 321 g/mol. The molecule has 0 radical (unpaired) electrons. The number of amides is 1. The van der Waals surface area contributed by atoms with Gasteiger partial charge in [0.2, 0.25) is 0 Å². The molecule has 0 aromatic heterocycles. The van der Waals surface area contributed by atoms with Crippen molar-refractivity contribution in [3.05, 3.63) is 65.7 Å². The molecule has 0 aliphatic carbocycles. The van der Waals surface area contributed by atoms with Gasteiger partial charge in [-0.1, -0.05) is 30.3 Å². The number of benzene rings is 2. The second-order valence-electron chi connectivity index (χ2n) is 5.11. The molecule has 0 bridgehead atoms. The van der Waals surface area contributed by atoms with Gasteiger partial charge in [-0.2, -0.15) is 0 Å². The van der Waals surface area contributed by atoms with Gasteiger partial charge in [-0.3, -0.25) is 4.79 Å². The topological polar surface area (TPSA) is 58.6 Å². The molecular formula is C17H17F2NO3. The van der Waals surface area contributed by atoms with Gasteiger partial charge in [0.15, 0.2) is 17.7 Å². The molecular weight excluding hydrogens is 304 g/mol. The minimum atomic E-state index is -1.29. The molecule has 0 heterocycles. The third-order valence-electron chi connectivity index (χ3n) is 3.14. The first-order valence-electron chi connectivity index (χ1n) is 7.08. The maximum absolute atomic E-state index is 13.4. The van der Waals surface area contributed by atoms with Crippen molar-refractivity contribution in [3.8, 4) is 5.75 Å². The highest BCUT2D eigenvalue weighted by Gasteiger charge is 2.19. The second-order valence-corrected chi connectivity index (χ2v) is 5.11. The molecule has 6 heteroatoms. The summed E-state index contributed by atoms with van der Waals surface area (Å²) < 4.78 is 31.4. The minimum absolute atomic E-state index is 0.0181. The van der Waals surface area contributed by atoms with Crippen molar-refractivity contribution in [2.45, 2.75) is 19.1 Å². The fraction of sp³-hybridized carbons (Fsp3) is 0.235. The average molecular weight is 321 g/mol. The number of hydrogen-bond donors (Lipinski definition) is 2. The average Bonchev–Trinajstić information content (AvgIpc) is 2.54. The first kappa shape index (κ1) is 16.9. The first-order valence-corrected chi connectivity index (χ1v) is 7.08. The maximum atomic E-state index is 13.4. The molecule has 0 saturated carbocycles. The maximum Gasteiger partial charge on any atom is 0.253 e. The number of nitrogens with one attached hydrogen (secondary N) is 1. The van der Waals surface area contributed by atoms with Crippen molar-refractivity contribution in [1.29, 1.82) is 0 Å². The van der Waals surface area contributed by atoms with Crippen LogP contribution in [0, 0.1) is 11.6 Å². The zero-order valence-corrected chi connectivity index (χ0v) is 12.5. The number of aliphatic hydroxyl groups is 1. The van der Waals surface area contributed by atoms with E-state index in [9.17, 15) is 18.7 Å². The molecule has 2 N–H and O–H groups in total. The van der Waals surface area contributed by atoms with Crippen LogP contribution in [0.4, 0.5) is 8.78 Å². The van der Waals surface area contributed by atoms with Crippen LogP contribution in [0.1, 0.15) is 18.6 Å². The van der Waals surface area contributed by atoms with Gasteiger partial charge >= 0.3 is 0 Å². The van der Waals surface area contributed by atoms with E-state index in [0.717, 1.165) is 12.1 Å². The van der Waals surface area contributed by atoms with E-state index < -0.39 is 29.7 Å². The van der Waals surface area contributed by atoms with Crippen molar-refractivity contribution >= 4 is 5.91 Å². The van der Waals surface area contributed by atoms with Crippen molar-refractivity contribution in [2.24, 2.45) is 0 Å². The molecule has 2 atom stereocenters. The van der Waals surface area contributed by atoms with Gasteiger partial charge in [-0.05, 0) is 24.6 Å². The summed E-state index contributed by atoms with van der Waals surface area (Å²) in [6, 6.07) is 11.0. The number of aliphatic hydroxyl groups excluding tert-OH is 1. The predicted molar refractivity (Wildman–Crippen MR) is 80.9 cm³/mol. The van der Waals surface area contributed by atoms with E-state index in [1.165, 1.54) is 6.07 Å². The van der Waals surface area contributed by atoms with Crippen LogP contribution in [0.3, 0.4) is 0 Å². The molecule has 0 saturated heterocycles. The molecule has 2 unspecified atom stereocenters. The Balaban J connectivity index is 1.86. The Labute approximate surface area is 132 Å². The molecule has 4 nitrogen and oxygen atoms in total. The summed E-state index contributed by atoms with van der Waals surface area (Å²) in [5.74, 6) is -2.18. The van der Waals surface area contributed by atoms with Gasteiger partial charge in [-0.15, -0.1) is 0 Å². The smallest absolute Gasteiger partial charge is 0.253 e. The van der Waals surface area contributed by atoms with Crippen molar-refractivity contribution in [3.63, 3.8) is 0 Å². The van der Waals surface area contributed by atoms with E-state index in [0.29, 0.717) is 5.56 Å². The lowest BCUT2D eigenvalue weighted by Crippen LogP contribution is -2.39. The lowest BCUT2D eigenvalue weighted by Gasteiger charge is -2.18. The molecule has 2 aromatic carbocycles. The van der Waals surface area contributed by atoms with Crippen LogP contribution < -0.4 is 10.1 Å². The van der Waals surface area contributed by atoms with Crippen LogP contribution in [0.15, 0.2) is 48.5 Å². The molecule has 122 valence electrons. The fourth-order valence-electron chi connectivity index (χ4n) is 1.96. The molecule has 0 aliphatic heterocycles. The van der Waals surface area contributed by atoms with Crippen LogP contribution in [-0.2, 0) is 4.79 Å². The SMILES string of the molecule is CC(COc1ccc(F)cc1F)NC(=O)C(O)c1ccccc1. The largest absolute Gasteiger partial charge is 0.488 e. The first-order chi connectivity index (χ1) is 11.0. The van der Waals surface area contributed by atoms with Gasteiger partial charge in [0.25, 0.3) is 5.91 Å². The number of carbonyl (C=O) groups is 1. The van der Waals surface area contributed by atoms with Crippen molar-refractivity contribution in [1.82, 2.24) is 5.32 Å². The van der Waals surface area contributed by atoms with E-state index in [1.807, 2.05) is 0 Å². The summed E-state index contributed by atoms with van der Waals surface area (Å²) in [7, 11) is 0. The minimum Gasteiger partial charge on any atom is -0.488 e. The normalized spacial score (nSPS) is 13.2. The number of carbonyl (C=O) groups excluding carboxylic acids is 1. The number of halogens is 2. The standard InChI is InChI=1S/C17H17F2NO3/c1-11(10-23-15-8-7-13(18)9-14(15)19)20-17(22)16(21)12-5-3-2-4-6-12/h2-9,11,16,21H,10H2,1H3,(H,20,22). The summed E-state index contributed by atoms with van der Waals surface area (Å²) in [6.45, 7) is 1.63. The summed E-state index contributed by atoms with van der Waals surface area (Å²) in [5.41, 5.74) is 0.475. The van der Waals surface area contributed by atoms with Crippen molar-refractivity contribution in [2.75, 3.05) is 6.61 Å². The Hall–Kier alpha value is -2.47. The third kappa shape index (κ3) is 4.75. The van der Waals surface area contributed by atoms with Gasteiger partial charge in [0.05, 0.1) is 6.04 Å². The number of hydrogen-bond acceptors (Lipinski definition) is 3. The Morgan fingerprint density at radius 1 is 1.22 bits per heavy atom. The molecule has 0 fully saturated rings. The van der Waals surface area contributed by atoms with Crippen molar-refractivity contribution < 1.29 is 23.4 Å². The van der Waals surface area contributed by atoms with E-state index in [2.05, 4.69) is 5.32 Å². The van der Waals surface area contributed by atoms with Gasteiger partial charge < -0.3 is 15.2 Å². The van der Waals surface area contributed by atoms with Crippen LogP contribution in [0.2, 0.25) is 0 Å². The molecule has 2 rings (SSSR count). The summed E-state index contributed by atoms with van der Waals surface area (Å²) in [5, 5.41) is 12.5. The Morgan fingerprint density at radius 2 is 1.91 bits per heavy atom. The Kier molecular flexibility index (Phi) is 5.65. The summed E-state index contributed by atoms with van der Waals surface area (Å²) in [4.78, 5) is 11.9. The lowest BCUT2D eigenvalue weighted by molar-refractivity contribution is -0.130. The highest BCUT2D eigenvalue weighted by Crippen LogP contribution is 2.18. The zero-order chi connectivity index (χ0) is 16.8. The summed E-state index contributed by atoms with van der Waals surface area (Å²) in [6.07, 6.45) is -1.29. The molecule has 23 heavy (non-hydrogen) atoms. The highest BCUT2D eigenvalue weighted by molar-refractivity contribution is 5.82. The van der Waals surface area contributed by atoms with E-state index in [4.69, 9.17) is 4.74 Å². The van der Waals surface area contributed by atoms with Crippen LogP contribution in [0.25, 0.3) is 0 Å². The van der Waals surface area contributed by atoms with Crippen LogP contribution >= 0.6 is 0 Å². The van der Waals surface area contributed by atoms with Gasteiger partial charge in [-0.25, -0.2) is 8.78 Å².